The second-order valence-electron chi connectivity index (χ2n) is 8.07. The minimum Gasteiger partial charge on any atom is -0.497 e. The minimum atomic E-state index is -0.492. The van der Waals surface area contributed by atoms with Gasteiger partial charge in [-0.05, 0) is 77.9 Å². The lowest BCUT2D eigenvalue weighted by atomic mass is 10.1. The number of amides is 1. The number of carbonyl (C=O) groups is 1. The predicted molar refractivity (Wildman–Crippen MR) is 151 cm³/mol. The van der Waals surface area contributed by atoms with E-state index >= 15 is 0 Å². The molecule has 3 aromatic rings. The number of methoxy groups -OCH3 is 2. The van der Waals surface area contributed by atoms with Gasteiger partial charge < -0.3 is 24.3 Å². The monoisotopic (exact) mass is 612 g/mol. The third-order valence-electron chi connectivity index (χ3n) is 5.41. The third-order valence-corrected chi connectivity index (χ3v) is 6.21. The Kier molecular flexibility index (Phi) is 10.2. The lowest BCUT2D eigenvalue weighted by molar-refractivity contribution is -0.117. The second kappa shape index (κ2) is 13.6. The minimum absolute atomic E-state index is 0.0286. The highest BCUT2D eigenvalue weighted by molar-refractivity contribution is 14.1. The van der Waals surface area contributed by atoms with Gasteiger partial charge in [0.15, 0.2) is 11.5 Å². The zero-order valence-electron chi connectivity index (χ0n) is 21.3. The Morgan fingerprint density at radius 3 is 2.54 bits per heavy atom. The molecule has 0 spiro atoms. The van der Waals surface area contributed by atoms with Crippen molar-refractivity contribution in [2.75, 3.05) is 20.8 Å². The van der Waals surface area contributed by atoms with Crippen LogP contribution < -0.4 is 24.3 Å². The summed E-state index contributed by atoms with van der Waals surface area (Å²) in [4.78, 5) is 12.8. The molecule has 1 amide bonds. The number of carbonyl (C=O) groups excluding carboxylic acids is 1. The first-order chi connectivity index (χ1) is 17.9. The molecular weight excluding hydrogens is 583 g/mol. The van der Waals surface area contributed by atoms with Gasteiger partial charge in [-0.3, -0.25) is 4.79 Å². The summed E-state index contributed by atoms with van der Waals surface area (Å²) in [5.41, 5.74) is 3.61. The topological polar surface area (TPSA) is 89.8 Å². The number of benzene rings is 3. The maximum absolute atomic E-state index is 12.8. The van der Waals surface area contributed by atoms with Crippen LogP contribution in [-0.2, 0) is 17.9 Å². The van der Waals surface area contributed by atoms with E-state index < -0.39 is 5.91 Å². The number of nitriles is 1. The van der Waals surface area contributed by atoms with E-state index in [9.17, 15) is 10.1 Å². The summed E-state index contributed by atoms with van der Waals surface area (Å²) < 4.78 is 23.3. The summed E-state index contributed by atoms with van der Waals surface area (Å²) in [6, 6.07) is 19.1. The van der Waals surface area contributed by atoms with Crippen molar-refractivity contribution < 1.29 is 23.7 Å². The molecule has 0 atom stereocenters. The highest BCUT2D eigenvalue weighted by atomic mass is 127. The van der Waals surface area contributed by atoms with Gasteiger partial charge in [0, 0.05) is 18.2 Å². The van der Waals surface area contributed by atoms with Crippen molar-refractivity contribution in [1.29, 1.82) is 5.26 Å². The maximum atomic E-state index is 12.8. The van der Waals surface area contributed by atoms with Crippen LogP contribution in [0.3, 0.4) is 0 Å². The zero-order chi connectivity index (χ0) is 26.8. The summed E-state index contributed by atoms with van der Waals surface area (Å²) in [5.74, 6) is 1.91. The number of nitrogens with zero attached hydrogens (tertiary/aromatic N) is 1. The fraction of sp³-hybridized carbons (Fsp3) is 0.241. The smallest absolute Gasteiger partial charge is 0.262 e. The van der Waals surface area contributed by atoms with Crippen LogP contribution in [0.5, 0.6) is 23.0 Å². The number of hydrogen-bond donors (Lipinski definition) is 1. The molecule has 0 unspecified atom stereocenters. The van der Waals surface area contributed by atoms with Crippen LogP contribution in [-0.4, -0.2) is 26.7 Å². The van der Waals surface area contributed by atoms with Gasteiger partial charge in [0.1, 0.15) is 29.7 Å². The molecule has 1 N–H and O–H groups in total. The van der Waals surface area contributed by atoms with Crippen molar-refractivity contribution in [2.24, 2.45) is 0 Å². The molecular formula is C29H29IN2O5. The molecule has 37 heavy (non-hydrogen) atoms. The van der Waals surface area contributed by atoms with E-state index in [1.165, 1.54) is 6.08 Å². The zero-order valence-corrected chi connectivity index (χ0v) is 23.4. The fourth-order valence-corrected chi connectivity index (χ4v) is 4.40. The quantitative estimate of drug-likeness (QED) is 0.167. The molecule has 7 nitrogen and oxygen atoms in total. The van der Waals surface area contributed by atoms with Gasteiger partial charge in [-0.15, -0.1) is 0 Å². The number of aryl methyl sites for hydroxylation is 1. The van der Waals surface area contributed by atoms with E-state index in [1.54, 1.807) is 38.5 Å². The number of rotatable bonds is 11. The Hall–Kier alpha value is -3.71. The molecule has 3 rings (SSSR count). The van der Waals surface area contributed by atoms with Crippen LogP contribution in [0.4, 0.5) is 0 Å². The van der Waals surface area contributed by atoms with Crippen LogP contribution in [0.25, 0.3) is 6.08 Å². The Morgan fingerprint density at radius 1 is 1.05 bits per heavy atom. The van der Waals surface area contributed by atoms with Crippen molar-refractivity contribution in [1.82, 2.24) is 5.32 Å². The summed E-state index contributed by atoms with van der Waals surface area (Å²) in [6.45, 7) is 4.96. The third kappa shape index (κ3) is 7.64. The van der Waals surface area contributed by atoms with Crippen LogP contribution in [0, 0.1) is 21.8 Å². The molecule has 0 radical (unpaired) electrons. The van der Waals surface area contributed by atoms with Gasteiger partial charge in [0.05, 0.1) is 24.4 Å². The van der Waals surface area contributed by atoms with E-state index in [-0.39, 0.29) is 12.1 Å². The average molecular weight is 612 g/mol. The van der Waals surface area contributed by atoms with Gasteiger partial charge in [0.2, 0.25) is 0 Å². The molecule has 192 valence electrons. The van der Waals surface area contributed by atoms with Crippen LogP contribution in [0.1, 0.15) is 29.2 Å². The summed E-state index contributed by atoms with van der Waals surface area (Å²) in [6.07, 6.45) is 1.54. The summed E-state index contributed by atoms with van der Waals surface area (Å²) >= 11 is 2.17. The lowest BCUT2D eigenvalue weighted by Gasteiger charge is -2.15. The molecule has 0 fully saturated rings. The lowest BCUT2D eigenvalue weighted by Crippen LogP contribution is -2.24. The SMILES string of the molecule is CCOc1cc(/C=C(\C#N)C(=O)NCc2ccc(OC)cc2OC)cc(I)c1OCc1cccc(C)c1. The van der Waals surface area contributed by atoms with Crippen molar-refractivity contribution in [3.8, 4) is 29.1 Å². The summed E-state index contributed by atoms with van der Waals surface area (Å²) in [5, 5.41) is 12.5. The Morgan fingerprint density at radius 2 is 1.86 bits per heavy atom. The van der Waals surface area contributed by atoms with Crippen LogP contribution in [0.15, 0.2) is 60.2 Å². The molecule has 0 aliphatic heterocycles. The van der Waals surface area contributed by atoms with Gasteiger partial charge in [-0.25, -0.2) is 0 Å². The Balaban J connectivity index is 1.79. The van der Waals surface area contributed by atoms with Gasteiger partial charge in [0.25, 0.3) is 5.91 Å². The number of nitrogens with one attached hydrogen (secondary N) is 1. The first-order valence-electron chi connectivity index (χ1n) is 11.6. The molecule has 0 aliphatic carbocycles. The summed E-state index contributed by atoms with van der Waals surface area (Å²) in [7, 11) is 3.12. The Labute approximate surface area is 231 Å². The molecule has 0 saturated heterocycles. The second-order valence-corrected chi connectivity index (χ2v) is 9.23. The standard InChI is InChI=1S/C29H29IN2O5/c1-5-36-27-14-21(13-25(30)28(27)37-18-20-8-6-7-19(2)11-20)12-23(16-31)29(33)32-17-22-9-10-24(34-3)15-26(22)35-4/h6-15H,5,17-18H2,1-4H3,(H,32,33)/b23-12+. The molecule has 0 bridgehead atoms. The molecule has 0 aliphatic rings. The number of ether oxygens (including phenoxy) is 4. The molecule has 8 heteroatoms. The first kappa shape index (κ1) is 27.9. The van der Waals surface area contributed by atoms with E-state index in [0.29, 0.717) is 41.8 Å². The largest absolute Gasteiger partial charge is 0.497 e. The number of hydrogen-bond acceptors (Lipinski definition) is 6. The van der Waals surface area contributed by atoms with Crippen molar-refractivity contribution in [2.45, 2.75) is 27.0 Å². The van der Waals surface area contributed by atoms with E-state index in [4.69, 9.17) is 18.9 Å². The van der Waals surface area contributed by atoms with Gasteiger partial charge in [-0.2, -0.15) is 5.26 Å². The van der Waals surface area contributed by atoms with Crippen molar-refractivity contribution in [3.05, 3.63) is 86.0 Å². The van der Waals surface area contributed by atoms with Crippen molar-refractivity contribution in [3.63, 3.8) is 0 Å². The Bertz CT molecular complexity index is 1330. The van der Waals surface area contributed by atoms with Crippen LogP contribution >= 0.6 is 22.6 Å². The fourth-order valence-electron chi connectivity index (χ4n) is 3.62. The average Bonchev–Trinajstić information content (AvgIpc) is 2.90. The maximum Gasteiger partial charge on any atom is 0.262 e. The van der Waals surface area contributed by atoms with E-state index in [0.717, 1.165) is 20.3 Å². The molecule has 3 aromatic carbocycles. The van der Waals surface area contributed by atoms with Crippen LogP contribution in [0.2, 0.25) is 0 Å². The molecule has 0 saturated carbocycles. The highest BCUT2D eigenvalue weighted by Crippen LogP contribution is 2.35. The van der Waals surface area contributed by atoms with Crippen molar-refractivity contribution >= 4 is 34.6 Å². The normalized spacial score (nSPS) is 10.9. The number of halogens is 1. The predicted octanol–water partition coefficient (Wildman–Crippen LogP) is 5.82. The molecule has 0 heterocycles. The molecule has 0 aromatic heterocycles. The van der Waals surface area contributed by atoms with E-state index in [1.807, 2.05) is 44.2 Å². The van der Waals surface area contributed by atoms with E-state index in [2.05, 4.69) is 34.0 Å². The highest BCUT2D eigenvalue weighted by Gasteiger charge is 2.15. The van der Waals surface area contributed by atoms with Gasteiger partial charge >= 0.3 is 0 Å². The first-order valence-corrected chi connectivity index (χ1v) is 12.7. The van der Waals surface area contributed by atoms with Gasteiger partial charge in [-0.1, -0.05) is 29.8 Å².